The highest BCUT2D eigenvalue weighted by molar-refractivity contribution is 7.99. The zero-order valence-electron chi connectivity index (χ0n) is 19.7. The average molecular weight is 498 g/mol. The molecule has 178 valence electrons. The first-order chi connectivity index (χ1) is 16.5. The van der Waals surface area contributed by atoms with Crippen LogP contribution in [0.1, 0.15) is 48.9 Å². The van der Waals surface area contributed by atoms with Crippen molar-refractivity contribution in [3.63, 3.8) is 0 Å². The molecule has 5 rings (SSSR count). The summed E-state index contributed by atoms with van der Waals surface area (Å²) >= 11 is 3.15. The smallest absolute Gasteiger partial charge is 0.234 e. The van der Waals surface area contributed by atoms with E-state index in [9.17, 15) is 4.79 Å². The Labute approximate surface area is 206 Å². The predicted molar refractivity (Wildman–Crippen MR) is 136 cm³/mol. The van der Waals surface area contributed by atoms with Crippen molar-refractivity contribution in [1.29, 1.82) is 0 Å². The molecule has 0 saturated heterocycles. The molecular weight excluding hydrogens is 470 g/mol. The standard InChI is InChI=1S/C24H27N5O3S2/c1-13(2)21-26-23-20(15-7-5-6-8-18(15)34-23)22-27-28-24(29(21)22)33-12-19(30)25-16-11-14(31-3)9-10-17(16)32-4/h9-11,13H,5-8,12H2,1-4H3,(H,25,30). The number of rotatable bonds is 7. The summed E-state index contributed by atoms with van der Waals surface area (Å²) in [6.07, 6.45) is 4.60. The van der Waals surface area contributed by atoms with E-state index in [-0.39, 0.29) is 17.6 Å². The maximum absolute atomic E-state index is 12.8. The number of hydrogen-bond donors (Lipinski definition) is 1. The lowest BCUT2D eigenvalue weighted by Crippen LogP contribution is -2.15. The van der Waals surface area contributed by atoms with Crippen LogP contribution in [0.25, 0.3) is 15.9 Å². The molecule has 1 N–H and O–H groups in total. The van der Waals surface area contributed by atoms with Crippen LogP contribution >= 0.6 is 23.1 Å². The third-order valence-corrected chi connectivity index (χ3v) is 8.10. The number of methoxy groups -OCH3 is 2. The Morgan fingerprint density at radius 3 is 2.79 bits per heavy atom. The van der Waals surface area contributed by atoms with Crippen molar-refractivity contribution < 1.29 is 14.3 Å². The van der Waals surface area contributed by atoms with Crippen molar-refractivity contribution in [2.24, 2.45) is 0 Å². The second kappa shape index (κ2) is 9.42. The predicted octanol–water partition coefficient (Wildman–Crippen LogP) is 5.09. The van der Waals surface area contributed by atoms with Gasteiger partial charge in [-0.3, -0.25) is 9.20 Å². The second-order valence-electron chi connectivity index (χ2n) is 8.56. The van der Waals surface area contributed by atoms with Crippen LogP contribution in [0.15, 0.2) is 23.4 Å². The van der Waals surface area contributed by atoms with Crippen LogP contribution in [0.3, 0.4) is 0 Å². The fourth-order valence-electron chi connectivity index (χ4n) is 4.36. The van der Waals surface area contributed by atoms with Gasteiger partial charge in [0.1, 0.15) is 22.2 Å². The quantitative estimate of drug-likeness (QED) is 0.356. The number of nitrogens with zero attached hydrogens (tertiary/aromatic N) is 4. The fraction of sp³-hybridized carbons (Fsp3) is 0.417. The van der Waals surface area contributed by atoms with E-state index in [1.54, 1.807) is 43.8 Å². The number of benzene rings is 1. The highest BCUT2D eigenvalue weighted by Gasteiger charge is 2.24. The monoisotopic (exact) mass is 497 g/mol. The number of carbonyl (C=O) groups excluding carboxylic acids is 1. The summed E-state index contributed by atoms with van der Waals surface area (Å²) in [6, 6.07) is 5.29. The van der Waals surface area contributed by atoms with Gasteiger partial charge in [-0.25, -0.2) is 4.98 Å². The van der Waals surface area contributed by atoms with Crippen LogP contribution in [0.2, 0.25) is 0 Å². The molecule has 0 atom stereocenters. The minimum absolute atomic E-state index is 0.165. The molecule has 0 bridgehead atoms. The normalized spacial score (nSPS) is 13.4. The molecule has 10 heteroatoms. The van der Waals surface area contributed by atoms with Gasteiger partial charge in [0.2, 0.25) is 5.91 Å². The van der Waals surface area contributed by atoms with Crippen molar-refractivity contribution in [3.8, 4) is 11.5 Å². The van der Waals surface area contributed by atoms with Gasteiger partial charge in [-0.05, 0) is 43.4 Å². The minimum atomic E-state index is -0.165. The van der Waals surface area contributed by atoms with Crippen LogP contribution in [0.4, 0.5) is 5.69 Å². The van der Waals surface area contributed by atoms with Gasteiger partial charge in [-0.1, -0.05) is 25.6 Å². The summed E-state index contributed by atoms with van der Waals surface area (Å²) in [6.45, 7) is 4.24. The molecule has 1 aliphatic rings. The van der Waals surface area contributed by atoms with E-state index in [4.69, 9.17) is 14.5 Å². The molecule has 0 spiro atoms. The highest BCUT2D eigenvalue weighted by atomic mass is 32.2. The molecule has 1 aliphatic carbocycles. The Hall–Kier alpha value is -2.85. The lowest BCUT2D eigenvalue weighted by molar-refractivity contribution is -0.113. The molecule has 0 unspecified atom stereocenters. The number of ether oxygens (including phenoxy) is 2. The maximum atomic E-state index is 12.8. The molecule has 8 nitrogen and oxygen atoms in total. The zero-order valence-corrected chi connectivity index (χ0v) is 21.3. The largest absolute Gasteiger partial charge is 0.497 e. The lowest BCUT2D eigenvalue weighted by atomic mass is 9.97. The minimum Gasteiger partial charge on any atom is -0.497 e. The molecule has 0 aliphatic heterocycles. The molecule has 4 aromatic rings. The molecule has 1 amide bonds. The van der Waals surface area contributed by atoms with Crippen molar-refractivity contribution in [1.82, 2.24) is 19.6 Å². The number of aromatic nitrogens is 4. The molecule has 0 saturated carbocycles. The molecule has 0 radical (unpaired) electrons. The summed E-state index contributed by atoms with van der Waals surface area (Å²) in [5.41, 5.74) is 2.80. The number of thiophene rings is 1. The third-order valence-electron chi connectivity index (χ3n) is 5.98. The Kier molecular flexibility index (Phi) is 6.35. The highest BCUT2D eigenvalue weighted by Crippen LogP contribution is 2.39. The Bertz CT molecular complexity index is 1380. The van der Waals surface area contributed by atoms with E-state index in [2.05, 4.69) is 29.4 Å². The van der Waals surface area contributed by atoms with E-state index in [0.29, 0.717) is 22.3 Å². The van der Waals surface area contributed by atoms with Gasteiger partial charge in [-0.15, -0.1) is 21.5 Å². The number of hydrogen-bond acceptors (Lipinski definition) is 8. The molecule has 3 heterocycles. The number of amides is 1. The molecule has 34 heavy (non-hydrogen) atoms. The van der Waals surface area contributed by atoms with Crippen LogP contribution in [0.5, 0.6) is 11.5 Å². The van der Waals surface area contributed by atoms with Gasteiger partial charge in [0.05, 0.1) is 31.0 Å². The van der Waals surface area contributed by atoms with Crippen molar-refractivity contribution in [2.75, 3.05) is 25.3 Å². The van der Waals surface area contributed by atoms with Crippen molar-refractivity contribution in [3.05, 3.63) is 34.5 Å². The second-order valence-corrected chi connectivity index (χ2v) is 10.6. The first kappa shape index (κ1) is 22.9. The number of anilines is 1. The number of aryl methyl sites for hydroxylation is 2. The van der Waals surface area contributed by atoms with Gasteiger partial charge >= 0.3 is 0 Å². The molecule has 1 aromatic carbocycles. The molecule has 3 aromatic heterocycles. The van der Waals surface area contributed by atoms with Gasteiger partial charge in [-0.2, -0.15) is 0 Å². The summed E-state index contributed by atoms with van der Waals surface area (Å²) in [5, 5.41) is 13.8. The molecule has 0 fully saturated rings. The van der Waals surface area contributed by atoms with E-state index < -0.39 is 0 Å². The average Bonchev–Trinajstić information content (AvgIpc) is 3.43. The van der Waals surface area contributed by atoms with E-state index in [1.165, 1.54) is 35.0 Å². The van der Waals surface area contributed by atoms with Crippen LogP contribution in [-0.4, -0.2) is 45.5 Å². The first-order valence-electron chi connectivity index (χ1n) is 11.3. The summed E-state index contributed by atoms with van der Waals surface area (Å²) in [5.74, 6) is 2.34. The van der Waals surface area contributed by atoms with Crippen LogP contribution < -0.4 is 14.8 Å². The maximum Gasteiger partial charge on any atom is 0.234 e. The zero-order chi connectivity index (χ0) is 23.8. The van der Waals surface area contributed by atoms with Gasteiger partial charge in [0.25, 0.3) is 0 Å². The number of fused-ring (bicyclic) bond motifs is 5. The van der Waals surface area contributed by atoms with E-state index >= 15 is 0 Å². The number of thioether (sulfide) groups is 1. The fourth-order valence-corrected chi connectivity index (χ4v) is 6.37. The third kappa shape index (κ3) is 4.09. The lowest BCUT2D eigenvalue weighted by Gasteiger charge is -2.13. The Morgan fingerprint density at radius 1 is 1.21 bits per heavy atom. The molecular formula is C24H27N5O3S2. The number of nitrogens with one attached hydrogen (secondary N) is 1. The Balaban J connectivity index is 1.45. The van der Waals surface area contributed by atoms with Gasteiger partial charge in [0, 0.05) is 16.9 Å². The SMILES string of the molecule is COc1ccc(OC)c(NC(=O)CSc2nnc3c4c5c(sc4nc(C(C)C)n23)CCCC5)c1. The van der Waals surface area contributed by atoms with Gasteiger partial charge < -0.3 is 14.8 Å². The van der Waals surface area contributed by atoms with Crippen molar-refractivity contribution in [2.45, 2.75) is 50.6 Å². The van der Waals surface area contributed by atoms with Crippen LogP contribution in [0, 0.1) is 0 Å². The first-order valence-corrected chi connectivity index (χ1v) is 13.1. The summed E-state index contributed by atoms with van der Waals surface area (Å²) < 4.78 is 12.7. The topological polar surface area (TPSA) is 90.6 Å². The van der Waals surface area contributed by atoms with Crippen LogP contribution in [-0.2, 0) is 17.6 Å². The van der Waals surface area contributed by atoms with Gasteiger partial charge in [0.15, 0.2) is 10.8 Å². The van der Waals surface area contributed by atoms with E-state index in [1.807, 2.05) is 4.40 Å². The number of carbonyl (C=O) groups is 1. The van der Waals surface area contributed by atoms with Crippen molar-refractivity contribution >= 4 is 50.6 Å². The Morgan fingerprint density at radius 2 is 2.03 bits per heavy atom. The van der Waals surface area contributed by atoms with E-state index in [0.717, 1.165) is 34.5 Å². The summed E-state index contributed by atoms with van der Waals surface area (Å²) in [4.78, 5) is 20.3. The summed E-state index contributed by atoms with van der Waals surface area (Å²) in [7, 11) is 3.15.